The first kappa shape index (κ1) is 14.9. The molecule has 0 bridgehead atoms. The molecule has 0 aliphatic carbocycles. The summed E-state index contributed by atoms with van der Waals surface area (Å²) in [5.74, 6) is 0. The summed E-state index contributed by atoms with van der Waals surface area (Å²) in [6.45, 7) is 2.17. The second-order valence-corrected chi connectivity index (χ2v) is 6.27. The van der Waals surface area contributed by atoms with Crippen molar-refractivity contribution in [2.24, 2.45) is 7.05 Å². The molecule has 0 aliphatic rings. The minimum Gasteiger partial charge on any atom is -0.309 e. The van der Waals surface area contributed by atoms with Gasteiger partial charge in [0.05, 0.1) is 16.7 Å². The minimum absolute atomic E-state index is 0.0461. The van der Waals surface area contributed by atoms with E-state index in [-0.39, 0.29) is 5.56 Å². The van der Waals surface area contributed by atoms with Crippen molar-refractivity contribution in [3.8, 4) is 0 Å². The van der Waals surface area contributed by atoms with Gasteiger partial charge in [0.15, 0.2) is 5.52 Å². The summed E-state index contributed by atoms with van der Waals surface area (Å²) in [5, 5.41) is 10.8. The third-order valence-electron chi connectivity index (χ3n) is 4.71. The van der Waals surface area contributed by atoms with Gasteiger partial charge in [-0.2, -0.15) is 0 Å². The van der Waals surface area contributed by atoms with Crippen molar-refractivity contribution in [3.05, 3.63) is 52.4 Å². The first-order valence-corrected chi connectivity index (χ1v) is 8.47. The van der Waals surface area contributed by atoms with E-state index in [1.807, 2.05) is 31.3 Å². The molecule has 0 unspecified atom stereocenters. The van der Waals surface area contributed by atoms with Crippen molar-refractivity contribution in [2.45, 2.75) is 32.6 Å². The summed E-state index contributed by atoms with van der Waals surface area (Å²) < 4.78 is 3.44. The lowest BCUT2D eigenvalue weighted by atomic mass is 10.1. The van der Waals surface area contributed by atoms with Crippen LogP contribution in [0.1, 0.15) is 31.9 Å². The maximum absolute atomic E-state index is 13.1. The van der Waals surface area contributed by atoms with Crippen molar-refractivity contribution in [3.63, 3.8) is 0 Å². The molecular weight excluding hydrogens is 300 g/mol. The fourth-order valence-corrected chi connectivity index (χ4v) is 3.43. The van der Waals surface area contributed by atoms with Crippen LogP contribution in [0.15, 0.2) is 41.2 Å². The Balaban J connectivity index is 2.16. The zero-order valence-corrected chi connectivity index (χ0v) is 14.0. The Morgan fingerprint density at radius 1 is 1.04 bits per heavy atom. The van der Waals surface area contributed by atoms with Crippen molar-refractivity contribution >= 4 is 27.3 Å². The van der Waals surface area contributed by atoms with Gasteiger partial charge < -0.3 is 4.57 Å². The summed E-state index contributed by atoms with van der Waals surface area (Å²) in [6, 6.07) is 12.1. The van der Waals surface area contributed by atoms with Gasteiger partial charge in [-0.15, -0.1) is 5.10 Å². The average Bonchev–Trinajstić information content (AvgIpc) is 3.00. The Morgan fingerprint density at radius 3 is 2.54 bits per heavy atom. The highest BCUT2D eigenvalue weighted by atomic mass is 16.1. The highest BCUT2D eigenvalue weighted by Crippen LogP contribution is 2.25. The Hall–Kier alpha value is -2.69. The summed E-state index contributed by atoms with van der Waals surface area (Å²) in [7, 11) is 1.83. The maximum Gasteiger partial charge on any atom is 0.278 e. The topological polar surface area (TPSA) is 52.2 Å². The molecule has 122 valence electrons. The van der Waals surface area contributed by atoms with Gasteiger partial charge in [0.1, 0.15) is 0 Å². The Labute approximate surface area is 139 Å². The molecule has 0 amide bonds. The number of hydrogen-bond acceptors (Lipinski definition) is 3. The molecule has 0 radical (unpaired) electrons. The van der Waals surface area contributed by atoms with Crippen LogP contribution in [0.2, 0.25) is 0 Å². The molecular formula is C19H20N4O. The second kappa shape index (κ2) is 5.74. The monoisotopic (exact) mass is 320 g/mol. The molecule has 4 rings (SSSR count). The third kappa shape index (κ3) is 2.12. The van der Waals surface area contributed by atoms with Gasteiger partial charge in [0.25, 0.3) is 5.56 Å². The van der Waals surface area contributed by atoms with Crippen LogP contribution in [0.3, 0.4) is 0 Å². The predicted octanol–water partition coefficient (Wildman–Crippen LogP) is 3.47. The lowest BCUT2D eigenvalue weighted by Gasteiger charge is -2.03. The molecule has 0 fully saturated rings. The zero-order chi connectivity index (χ0) is 16.7. The Kier molecular flexibility index (Phi) is 3.56. The summed E-state index contributed by atoms with van der Waals surface area (Å²) in [4.78, 5) is 13.1. The molecule has 2 aromatic carbocycles. The molecule has 2 aromatic heterocycles. The number of nitrogens with zero attached hydrogens (tertiary/aromatic N) is 4. The van der Waals surface area contributed by atoms with E-state index in [9.17, 15) is 4.79 Å². The first-order valence-electron chi connectivity index (χ1n) is 8.47. The van der Waals surface area contributed by atoms with E-state index < -0.39 is 0 Å². The van der Waals surface area contributed by atoms with Gasteiger partial charge in [-0.1, -0.05) is 49.2 Å². The van der Waals surface area contributed by atoms with Crippen LogP contribution in [-0.4, -0.2) is 19.4 Å². The molecule has 0 spiro atoms. The average molecular weight is 320 g/mol. The van der Waals surface area contributed by atoms with Crippen molar-refractivity contribution in [2.75, 3.05) is 0 Å². The third-order valence-corrected chi connectivity index (χ3v) is 4.71. The second-order valence-electron chi connectivity index (χ2n) is 6.27. The van der Waals surface area contributed by atoms with Crippen molar-refractivity contribution < 1.29 is 0 Å². The van der Waals surface area contributed by atoms with Crippen LogP contribution in [0.25, 0.3) is 27.3 Å². The number of fused-ring (bicyclic) bond motifs is 2. The molecule has 0 aliphatic heterocycles. The van der Waals surface area contributed by atoms with E-state index in [1.54, 1.807) is 9.08 Å². The van der Waals surface area contributed by atoms with E-state index in [2.05, 4.69) is 29.4 Å². The molecule has 0 N–H and O–H groups in total. The summed E-state index contributed by atoms with van der Waals surface area (Å²) >= 11 is 0. The molecule has 0 saturated carbocycles. The van der Waals surface area contributed by atoms with E-state index >= 15 is 0 Å². The molecule has 5 heteroatoms. The fourth-order valence-electron chi connectivity index (χ4n) is 3.43. The maximum atomic E-state index is 13.1. The number of aromatic nitrogens is 4. The van der Waals surface area contributed by atoms with E-state index in [0.717, 1.165) is 53.2 Å². The molecule has 24 heavy (non-hydrogen) atoms. The molecule has 5 nitrogen and oxygen atoms in total. The lowest BCUT2D eigenvalue weighted by molar-refractivity contribution is 0.705. The molecule has 4 aromatic rings. The van der Waals surface area contributed by atoms with Gasteiger partial charge in [-0.25, -0.2) is 4.52 Å². The Morgan fingerprint density at radius 2 is 1.79 bits per heavy atom. The van der Waals surface area contributed by atoms with Gasteiger partial charge in [0.2, 0.25) is 0 Å². The van der Waals surface area contributed by atoms with Crippen LogP contribution < -0.4 is 5.56 Å². The van der Waals surface area contributed by atoms with Gasteiger partial charge in [0, 0.05) is 12.4 Å². The summed E-state index contributed by atoms with van der Waals surface area (Å²) in [6.07, 6.45) is 4.08. The van der Waals surface area contributed by atoms with Crippen LogP contribution in [-0.2, 0) is 13.5 Å². The standard InChI is InChI=1S/C19H20N4O/c1-3-4-5-10-14-18-19(24)22(2)15-11-6-8-13-9-7-12-16(17(13)15)23(18)21-20-14/h6-9,11-12H,3-5,10H2,1-2H3. The highest BCUT2D eigenvalue weighted by molar-refractivity contribution is 6.07. The zero-order valence-electron chi connectivity index (χ0n) is 14.0. The SMILES string of the molecule is CCCCCc1nnn2c1c(=O)n(C)c1cccc3cccc2c31. The van der Waals surface area contributed by atoms with Gasteiger partial charge in [-0.05, 0) is 30.4 Å². The quantitative estimate of drug-likeness (QED) is 0.541. The molecule has 2 heterocycles. The largest absolute Gasteiger partial charge is 0.309 e. The number of hydrogen-bond donors (Lipinski definition) is 0. The van der Waals surface area contributed by atoms with E-state index in [4.69, 9.17) is 0 Å². The number of unbranched alkanes of at least 4 members (excludes halogenated alkanes) is 2. The number of benzene rings is 2. The van der Waals surface area contributed by atoms with Crippen molar-refractivity contribution in [1.82, 2.24) is 19.4 Å². The lowest BCUT2D eigenvalue weighted by Crippen LogP contribution is -2.16. The van der Waals surface area contributed by atoms with Crippen LogP contribution in [0.5, 0.6) is 0 Å². The van der Waals surface area contributed by atoms with Crippen LogP contribution >= 0.6 is 0 Å². The normalized spacial score (nSPS) is 11.8. The van der Waals surface area contributed by atoms with Gasteiger partial charge >= 0.3 is 0 Å². The predicted molar refractivity (Wildman–Crippen MR) is 96.5 cm³/mol. The highest BCUT2D eigenvalue weighted by Gasteiger charge is 2.15. The van der Waals surface area contributed by atoms with Crippen LogP contribution in [0.4, 0.5) is 0 Å². The van der Waals surface area contributed by atoms with Gasteiger partial charge in [-0.3, -0.25) is 4.79 Å². The first-order chi connectivity index (χ1) is 11.7. The Bertz CT molecular complexity index is 1100. The number of rotatable bonds is 4. The molecule has 0 saturated heterocycles. The smallest absolute Gasteiger partial charge is 0.278 e. The van der Waals surface area contributed by atoms with E-state index in [1.165, 1.54) is 0 Å². The number of aryl methyl sites for hydroxylation is 2. The van der Waals surface area contributed by atoms with E-state index in [0.29, 0.717) is 5.52 Å². The van der Waals surface area contributed by atoms with Crippen molar-refractivity contribution in [1.29, 1.82) is 0 Å². The minimum atomic E-state index is -0.0461. The van der Waals surface area contributed by atoms with Crippen LogP contribution in [0, 0.1) is 0 Å². The fraction of sp³-hybridized carbons (Fsp3) is 0.316. The molecule has 0 atom stereocenters. The summed E-state index contributed by atoms with van der Waals surface area (Å²) in [5.41, 5.74) is 3.18.